The van der Waals surface area contributed by atoms with Crippen molar-refractivity contribution < 1.29 is 67.8 Å². The molecule has 62 heavy (non-hydrogen) atoms. The number of carbonyl (C=O) groups excluding carboxylic acids is 5. The highest BCUT2D eigenvalue weighted by Crippen LogP contribution is 2.14. The third-order valence-electron chi connectivity index (χ3n) is 9.82. The van der Waals surface area contributed by atoms with Gasteiger partial charge in [-0.3, -0.25) is 28.8 Å². The number of nitrogens with one attached hydrogen (secondary N) is 5. The number of carboxylic acid groups (broad SMARTS) is 2. The van der Waals surface area contributed by atoms with Crippen LogP contribution < -0.4 is 26.6 Å². The van der Waals surface area contributed by atoms with E-state index in [2.05, 4.69) is 26.6 Å². The van der Waals surface area contributed by atoms with Crippen LogP contribution >= 0.6 is 0 Å². The van der Waals surface area contributed by atoms with Gasteiger partial charge >= 0.3 is 11.9 Å². The molecule has 0 aromatic carbocycles. The van der Waals surface area contributed by atoms with Crippen LogP contribution in [0.4, 0.5) is 0 Å². The predicted octanol–water partition coefficient (Wildman–Crippen LogP) is 2.40. The number of unbranched alkanes of at least 4 members (excludes halogenated alkanes) is 14. The lowest BCUT2D eigenvalue weighted by molar-refractivity contribution is -0.142. The molecule has 19 heteroatoms. The molecule has 0 fully saturated rings. The molecule has 2 atom stereocenters. The molecule has 0 radical (unpaired) electrons. The normalized spacial score (nSPS) is 12.0. The Morgan fingerprint density at radius 1 is 0.452 bits per heavy atom. The zero-order valence-electron chi connectivity index (χ0n) is 37.3. The molecule has 0 bridgehead atoms. The fraction of sp³-hybridized carbons (Fsp3) is 0.837. The molecule has 0 aromatic rings. The van der Waals surface area contributed by atoms with Gasteiger partial charge in [0, 0.05) is 38.9 Å². The Labute approximate surface area is 368 Å². The summed E-state index contributed by atoms with van der Waals surface area (Å²) in [7, 11) is 1.66. The molecule has 0 aliphatic carbocycles. The monoisotopic (exact) mass is 890 g/mol. The van der Waals surface area contributed by atoms with E-state index < -0.39 is 24.6 Å². The first-order valence-corrected chi connectivity index (χ1v) is 22.7. The van der Waals surface area contributed by atoms with Crippen molar-refractivity contribution in [2.75, 3.05) is 86.1 Å². The number of aliphatic carboxylic acids is 2. The van der Waals surface area contributed by atoms with Crippen molar-refractivity contribution in [2.45, 2.75) is 147 Å². The summed E-state index contributed by atoms with van der Waals surface area (Å²) in [6.45, 7) is 1.41. The number of aliphatic hydroxyl groups excluding tert-OH is 1. The highest BCUT2D eigenvalue weighted by atomic mass is 16.5. The van der Waals surface area contributed by atoms with Crippen LogP contribution in [-0.2, 0) is 52.5 Å². The SMILES string of the molecule is CN[C@@H](CCCCNC(=O)COCCOCCNC(=O)COCCOCCNC(=O)CC[C@H](NC(=O)CCCCCCCCCCCCCCCCC(=O)O)C(=O)O)C(=O)CO. The molecule has 0 spiro atoms. The Morgan fingerprint density at radius 3 is 1.37 bits per heavy atom. The fourth-order valence-electron chi connectivity index (χ4n) is 6.25. The van der Waals surface area contributed by atoms with Gasteiger partial charge < -0.3 is 60.9 Å². The van der Waals surface area contributed by atoms with E-state index >= 15 is 0 Å². The van der Waals surface area contributed by atoms with Gasteiger partial charge in [-0.05, 0) is 45.6 Å². The van der Waals surface area contributed by atoms with E-state index in [0.29, 0.717) is 32.2 Å². The van der Waals surface area contributed by atoms with Gasteiger partial charge in [-0.1, -0.05) is 77.0 Å². The number of likely N-dealkylation sites (N-methyl/N-ethyl adjacent to an activating group) is 1. The summed E-state index contributed by atoms with van der Waals surface area (Å²) in [6.07, 6.45) is 17.4. The number of hydrogen-bond acceptors (Lipinski definition) is 13. The summed E-state index contributed by atoms with van der Waals surface area (Å²) >= 11 is 0. The fourth-order valence-corrected chi connectivity index (χ4v) is 6.25. The van der Waals surface area contributed by atoms with Gasteiger partial charge in [0.2, 0.25) is 23.6 Å². The van der Waals surface area contributed by atoms with Crippen LogP contribution in [0.15, 0.2) is 0 Å². The number of carboxylic acids is 2. The highest BCUT2D eigenvalue weighted by molar-refractivity contribution is 5.85. The van der Waals surface area contributed by atoms with E-state index in [4.69, 9.17) is 29.2 Å². The molecule has 0 heterocycles. The maximum Gasteiger partial charge on any atom is 0.326 e. The van der Waals surface area contributed by atoms with Crippen LogP contribution in [-0.4, -0.2) is 155 Å². The number of ketones is 1. The smallest absolute Gasteiger partial charge is 0.326 e. The second-order valence-corrected chi connectivity index (χ2v) is 15.2. The zero-order valence-corrected chi connectivity index (χ0v) is 37.3. The predicted molar refractivity (Wildman–Crippen MR) is 231 cm³/mol. The molecular weight excluding hydrogens is 810 g/mol. The summed E-state index contributed by atoms with van der Waals surface area (Å²) in [4.78, 5) is 82.0. The first-order valence-electron chi connectivity index (χ1n) is 22.7. The van der Waals surface area contributed by atoms with Crippen molar-refractivity contribution in [3.05, 3.63) is 0 Å². The van der Waals surface area contributed by atoms with Crippen LogP contribution in [0.2, 0.25) is 0 Å². The lowest BCUT2D eigenvalue weighted by atomic mass is 10.0. The van der Waals surface area contributed by atoms with Crippen molar-refractivity contribution in [1.29, 1.82) is 0 Å². The summed E-state index contributed by atoms with van der Waals surface area (Å²) in [5.41, 5.74) is 0. The molecule has 0 unspecified atom stereocenters. The maximum absolute atomic E-state index is 12.3. The Balaban J connectivity index is 3.66. The minimum absolute atomic E-state index is 0.0302. The van der Waals surface area contributed by atoms with Gasteiger partial charge in [-0.25, -0.2) is 4.79 Å². The lowest BCUT2D eigenvalue weighted by Crippen LogP contribution is -2.41. The van der Waals surface area contributed by atoms with E-state index in [1.54, 1.807) is 7.05 Å². The summed E-state index contributed by atoms with van der Waals surface area (Å²) < 4.78 is 21.3. The van der Waals surface area contributed by atoms with Crippen molar-refractivity contribution in [2.24, 2.45) is 0 Å². The van der Waals surface area contributed by atoms with E-state index in [-0.39, 0.29) is 127 Å². The van der Waals surface area contributed by atoms with E-state index in [0.717, 1.165) is 38.5 Å². The number of amides is 4. The number of ether oxygens (including phenoxy) is 4. The molecule has 0 aliphatic rings. The molecule has 0 saturated heterocycles. The van der Waals surface area contributed by atoms with Crippen molar-refractivity contribution in [3.8, 4) is 0 Å². The molecule has 19 nitrogen and oxygen atoms in total. The maximum atomic E-state index is 12.3. The van der Waals surface area contributed by atoms with Gasteiger partial charge in [-0.2, -0.15) is 0 Å². The number of aliphatic hydroxyl groups is 1. The number of Topliss-reactive ketones (excluding diaryl/α,β-unsaturated/α-hetero) is 1. The van der Waals surface area contributed by atoms with Gasteiger partial charge in [0.15, 0.2) is 5.78 Å². The molecule has 8 N–H and O–H groups in total. The Morgan fingerprint density at radius 2 is 0.903 bits per heavy atom. The molecule has 0 rings (SSSR count). The van der Waals surface area contributed by atoms with Crippen molar-refractivity contribution >= 4 is 41.4 Å². The van der Waals surface area contributed by atoms with Crippen LogP contribution in [0.1, 0.15) is 135 Å². The van der Waals surface area contributed by atoms with Crippen LogP contribution in [0.3, 0.4) is 0 Å². The quantitative estimate of drug-likeness (QED) is 0.0408. The second kappa shape index (κ2) is 42.5. The van der Waals surface area contributed by atoms with Crippen molar-refractivity contribution in [1.82, 2.24) is 26.6 Å². The van der Waals surface area contributed by atoms with E-state index in [9.17, 15) is 38.7 Å². The topological polar surface area (TPSA) is 277 Å². The average Bonchev–Trinajstić information content (AvgIpc) is 3.24. The Bertz CT molecular complexity index is 1210. The number of rotatable bonds is 46. The third kappa shape index (κ3) is 39.1. The average molecular weight is 890 g/mol. The van der Waals surface area contributed by atoms with Gasteiger partial charge in [0.1, 0.15) is 25.9 Å². The van der Waals surface area contributed by atoms with Gasteiger partial charge in [0.25, 0.3) is 0 Å². The first-order chi connectivity index (χ1) is 30.0. The van der Waals surface area contributed by atoms with Crippen LogP contribution in [0.25, 0.3) is 0 Å². The van der Waals surface area contributed by atoms with Gasteiger partial charge in [0.05, 0.1) is 45.7 Å². The highest BCUT2D eigenvalue weighted by Gasteiger charge is 2.21. The van der Waals surface area contributed by atoms with E-state index in [1.807, 2.05) is 0 Å². The number of hydrogen-bond donors (Lipinski definition) is 8. The third-order valence-corrected chi connectivity index (χ3v) is 9.82. The molecule has 0 aromatic heterocycles. The minimum atomic E-state index is -1.19. The zero-order chi connectivity index (χ0) is 45.9. The van der Waals surface area contributed by atoms with Gasteiger partial charge in [-0.15, -0.1) is 0 Å². The number of carbonyl (C=O) groups is 7. The first kappa shape index (κ1) is 58.2. The lowest BCUT2D eigenvalue weighted by Gasteiger charge is -2.14. The molecule has 0 aliphatic heterocycles. The largest absolute Gasteiger partial charge is 0.481 e. The molecule has 4 amide bonds. The Hall–Kier alpha value is -3.75. The Kier molecular flexibility index (Phi) is 40.0. The van der Waals surface area contributed by atoms with E-state index in [1.165, 1.54) is 44.9 Å². The van der Waals surface area contributed by atoms with Crippen LogP contribution in [0, 0.1) is 0 Å². The van der Waals surface area contributed by atoms with Crippen LogP contribution in [0.5, 0.6) is 0 Å². The molecule has 0 saturated carbocycles. The summed E-state index contributed by atoms with van der Waals surface area (Å²) in [6, 6.07) is -1.53. The minimum Gasteiger partial charge on any atom is -0.481 e. The second-order valence-electron chi connectivity index (χ2n) is 15.2. The molecular formula is C43H79N5O14. The summed E-state index contributed by atoms with van der Waals surface area (Å²) in [5.74, 6) is -3.43. The standard InChI is InChI=1S/C43H79N5O14/c1-44-35(37(50)32-49)18-16-17-23-45-40(53)33-61-30-29-60-27-25-47-41(54)34-62-31-28-59-26-24-46-38(51)22-21-36(43(57)58)48-39(52)19-14-12-10-8-6-4-2-3-5-7-9-11-13-15-20-42(55)56/h35-36,44,49H,2-34H2,1H3,(H,45,53)(H,46,51)(H,47,54)(H,48,52)(H,55,56)(H,57,58)/t35-,36-/m0/s1. The van der Waals surface area contributed by atoms with Crippen molar-refractivity contribution in [3.63, 3.8) is 0 Å². The molecule has 360 valence electrons. The summed E-state index contributed by atoms with van der Waals surface area (Å²) in [5, 5.41) is 40.5.